The highest BCUT2D eigenvalue weighted by atomic mass is 16.5. The van der Waals surface area contributed by atoms with E-state index in [1.165, 1.54) is 11.1 Å². The Labute approximate surface area is 255 Å². The van der Waals surface area contributed by atoms with Crippen LogP contribution in [0, 0.1) is 5.92 Å². The van der Waals surface area contributed by atoms with Crippen molar-refractivity contribution >= 4 is 17.5 Å². The Morgan fingerprint density at radius 3 is 2.58 bits per heavy atom. The molecule has 4 aliphatic rings. The molecule has 1 spiro atoms. The number of carbonyl (C=O) groups is 3. The molecule has 7 nitrogen and oxygen atoms in total. The Balaban J connectivity index is 1.24. The first-order valence-electron chi connectivity index (χ1n) is 16.4. The van der Waals surface area contributed by atoms with E-state index in [-0.39, 0.29) is 35.0 Å². The minimum atomic E-state index is -0.175. The fraction of sp³-hybridized carbons (Fsp3) is 0.583. The van der Waals surface area contributed by atoms with Gasteiger partial charge in [0.25, 0.3) is 0 Å². The highest BCUT2D eigenvalue weighted by molar-refractivity contribution is 5.96. The van der Waals surface area contributed by atoms with Crippen molar-refractivity contribution in [3.63, 3.8) is 0 Å². The van der Waals surface area contributed by atoms with Gasteiger partial charge in [-0.15, -0.1) is 0 Å². The summed E-state index contributed by atoms with van der Waals surface area (Å²) in [6.45, 7) is 5.95. The van der Waals surface area contributed by atoms with Crippen LogP contribution in [0.5, 0.6) is 11.5 Å². The number of amides is 1. The largest absolute Gasteiger partial charge is 0.493 e. The molecule has 5 atom stereocenters. The van der Waals surface area contributed by atoms with E-state index in [9.17, 15) is 14.4 Å². The molecule has 1 amide bonds. The average molecular weight is 587 g/mol. The van der Waals surface area contributed by atoms with E-state index in [1.807, 2.05) is 36.4 Å². The third-order valence-corrected chi connectivity index (χ3v) is 10.6. The molecule has 0 aromatic heterocycles. The Morgan fingerprint density at radius 1 is 1.05 bits per heavy atom. The fourth-order valence-corrected chi connectivity index (χ4v) is 8.83. The lowest BCUT2D eigenvalue weighted by atomic mass is 9.51. The highest BCUT2D eigenvalue weighted by Crippen LogP contribution is 2.64. The second-order valence-corrected chi connectivity index (χ2v) is 13.1. The van der Waals surface area contributed by atoms with Crippen LogP contribution in [-0.2, 0) is 21.4 Å². The third kappa shape index (κ3) is 5.28. The summed E-state index contributed by atoms with van der Waals surface area (Å²) in [5.41, 5.74) is 3.18. The Hall–Kier alpha value is -3.19. The molecule has 1 saturated carbocycles. The van der Waals surface area contributed by atoms with Gasteiger partial charge in [-0.3, -0.25) is 19.3 Å². The van der Waals surface area contributed by atoms with Crippen molar-refractivity contribution in [2.45, 2.75) is 102 Å². The first kappa shape index (κ1) is 29.9. The zero-order valence-corrected chi connectivity index (χ0v) is 26.0. The minimum Gasteiger partial charge on any atom is -0.493 e. The van der Waals surface area contributed by atoms with Crippen molar-refractivity contribution in [1.29, 1.82) is 0 Å². The van der Waals surface area contributed by atoms with E-state index in [4.69, 9.17) is 9.47 Å². The molecule has 0 unspecified atom stereocenters. The number of piperidine rings is 1. The van der Waals surface area contributed by atoms with Crippen LogP contribution < -0.4 is 9.47 Å². The van der Waals surface area contributed by atoms with Crippen molar-refractivity contribution in [2.24, 2.45) is 5.92 Å². The predicted octanol–water partition coefficient (Wildman–Crippen LogP) is 5.76. The van der Waals surface area contributed by atoms with Gasteiger partial charge in [-0.05, 0) is 76.0 Å². The van der Waals surface area contributed by atoms with Crippen LogP contribution >= 0.6 is 0 Å². The molecule has 6 rings (SSSR count). The second kappa shape index (κ2) is 12.4. The molecule has 2 aromatic carbocycles. The SMILES string of the molecule is CCCCN(C(=O)CCCCC(=O)c1ccccc1)[C@H]1CC[C@H]2[C@H]3Cc4ccc(OC)c5c4[C@@]2(CCN3CC(C)=O)[C@H]1O5. The molecule has 0 N–H and O–H groups in total. The van der Waals surface area contributed by atoms with Crippen LogP contribution in [0.25, 0.3) is 0 Å². The molecule has 0 radical (unpaired) electrons. The van der Waals surface area contributed by atoms with Gasteiger partial charge in [0.15, 0.2) is 17.3 Å². The molecule has 2 heterocycles. The van der Waals surface area contributed by atoms with Gasteiger partial charge in [-0.2, -0.15) is 0 Å². The van der Waals surface area contributed by atoms with Gasteiger partial charge in [-0.1, -0.05) is 49.7 Å². The van der Waals surface area contributed by atoms with Gasteiger partial charge in [0.1, 0.15) is 11.9 Å². The molecule has 2 fully saturated rings. The fourth-order valence-electron chi connectivity index (χ4n) is 8.83. The Bertz CT molecular complexity index is 1360. The molecule has 1 saturated heterocycles. The number of ether oxygens (including phenoxy) is 2. The summed E-state index contributed by atoms with van der Waals surface area (Å²) in [5.74, 6) is 2.57. The molecule has 7 heteroatoms. The number of likely N-dealkylation sites (tertiary alicyclic amines) is 1. The van der Waals surface area contributed by atoms with E-state index in [0.717, 1.165) is 68.7 Å². The first-order chi connectivity index (χ1) is 20.9. The lowest BCUT2D eigenvalue weighted by Gasteiger charge is -2.60. The number of Topliss-reactive ketones (excluding diaryl/α,β-unsaturated/α-hetero) is 2. The number of carbonyl (C=O) groups excluding carboxylic acids is 3. The van der Waals surface area contributed by atoms with Crippen molar-refractivity contribution in [2.75, 3.05) is 26.7 Å². The molecule has 2 bridgehead atoms. The number of nitrogens with zero attached hydrogens (tertiary/aromatic N) is 2. The summed E-state index contributed by atoms with van der Waals surface area (Å²) in [6, 6.07) is 13.9. The molecule has 230 valence electrons. The predicted molar refractivity (Wildman–Crippen MR) is 166 cm³/mol. The van der Waals surface area contributed by atoms with Crippen LogP contribution in [0.1, 0.15) is 93.1 Å². The number of rotatable bonds is 13. The Kier molecular flexibility index (Phi) is 8.63. The Morgan fingerprint density at radius 2 is 1.84 bits per heavy atom. The van der Waals surface area contributed by atoms with Crippen LogP contribution in [0.4, 0.5) is 0 Å². The molecule has 2 aliphatic carbocycles. The smallest absolute Gasteiger partial charge is 0.222 e. The summed E-state index contributed by atoms with van der Waals surface area (Å²) in [4.78, 5) is 43.3. The van der Waals surface area contributed by atoms with E-state index >= 15 is 0 Å². The second-order valence-electron chi connectivity index (χ2n) is 13.1. The van der Waals surface area contributed by atoms with Crippen LogP contribution in [0.15, 0.2) is 42.5 Å². The summed E-state index contributed by atoms with van der Waals surface area (Å²) in [7, 11) is 1.71. The summed E-state index contributed by atoms with van der Waals surface area (Å²) in [5, 5.41) is 0. The van der Waals surface area contributed by atoms with Crippen LogP contribution in [0.3, 0.4) is 0 Å². The van der Waals surface area contributed by atoms with Gasteiger partial charge in [0, 0.05) is 42.0 Å². The van der Waals surface area contributed by atoms with Gasteiger partial charge in [0.2, 0.25) is 5.91 Å². The van der Waals surface area contributed by atoms with Gasteiger partial charge >= 0.3 is 0 Å². The number of benzene rings is 2. The molecular formula is C36H46N2O5. The maximum atomic E-state index is 14.0. The highest BCUT2D eigenvalue weighted by Gasteiger charge is 2.66. The minimum absolute atomic E-state index is 0.00989. The summed E-state index contributed by atoms with van der Waals surface area (Å²) in [6.07, 6.45) is 7.92. The van der Waals surface area contributed by atoms with Crippen LogP contribution in [-0.4, -0.2) is 72.2 Å². The van der Waals surface area contributed by atoms with E-state index in [1.54, 1.807) is 14.0 Å². The molecule has 43 heavy (non-hydrogen) atoms. The van der Waals surface area contributed by atoms with Gasteiger partial charge in [0.05, 0.1) is 19.7 Å². The zero-order valence-electron chi connectivity index (χ0n) is 26.0. The molecular weight excluding hydrogens is 540 g/mol. The van der Waals surface area contributed by atoms with Crippen LogP contribution in [0.2, 0.25) is 0 Å². The van der Waals surface area contributed by atoms with Crippen molar-refractivity contribution in [3.8, 4) is 11.5 Å². The summed E-state index contributed by atoms with van der Waals surface area (Å²) < 4.78 is 12.8. The van der Waals surface area contributed by atoms with E-state index in [0.29, 0.717) is 44.2 Å². The maximum Gasteiger partial charge on any atom is 0.222 e. The van der Waals surface area contributed by atoms with Gasteiger partial charge in [-0.25, -0.2) is 0 Å². The number of unbranched alkanes of at least 4 members (excludes halogenated alkanes) is 2. The standard InChI is InChI=1S/C36H46N2O5/c1-4-5-20-38(32(41)14-10-9-13-30(40)25-11-7-6-8-12-25)28-17-16-27-29-22-26-15-18-31(42-3)34-33(26)36(27,35(28)43-34)19-21-37(29)23-24(2)39/h6-8,11-12,15,18,27-29,35H,4-5,9-10,13-14,16-17,19-23H2,1-3H3/t27-,28-,29+,35-,36-/m0/s1. The molecule has 2 aliphatic heterocycles. The third-order valence-electron chi connectivity index (χ3n) is 10.6. The number of ketones is 2. The van der Waals surface area contributed by atoms with E-state index < -0.39 is 0 Å². The summed E-state index contributed by atoms with van der Waals surface area (Å²) >= 11 is 0. The molecule has 2 aromatic rings. The van der Waals surface area contributed by atoms with Gasteiger partial charge < -0.3 is 14.4 Å². The number of hydrogen-bond acceptors (Lipinski definition) is 6. The maximum absolute atomic E-state index is 14.0. The van der Waals surface area contributed by atoms with Crippen molar-refractivity contribution < 1.29 is 23.9 Å². The van der Waals surface area contributed by atoms with E-state index in [2.05, 4.69) is 22.8 Å². The number of hydrogen-bond donors (Lipinski definition) is 0. The number of methoxy groups -OCH3 is 1. The monoisotopic (exact) mass is 586 g/mol. The zero-order chi connectivity index (χ0) is 30.1. The normalized spacial score (nSPS) is 26.8. The van der Waals surface area contributed by atoms with Crippen molar-refractivity contribution in [1.82, 2.24) is 9.80 Å². The lowest BCUT2D eigenvalue weighted by Crippen LogP contribution is -2.69. The first-order valence-corrected chi connectivity index (χ1v) is 16.4. The quantitative estimate of drug-likeness (QED) is 0.219. The van der Waals surface area contributed by atoms with Crippen molar-refractivity contribution in [3.05, 3.63) is 59.2 Å². The topological polar surface area (TPSA) is 76.2 Å². The average Bonchev–Trinajstić information content (AvgIpc) is 3.36. The lowest BCUT2D eigenvalue weighted by molar-refractivity contribution is -0.143.